The van der Waals surface area contributed by atoms with Crippen molar-refractivity contribution in [3.05, 3.63) is 17.0 Å². The average molecular weight is 290 g/mol. The summed E-state index contributed by atoms with van der Waals surface area (Å²) in [4.78, 5) is 14.4. The molecule has 5 nitrogen and oxygen atoms in total. The topological polar surface area (TPSA) is 61.0 Å². The van der Waals surface area contributed by atoms with Gasteiger partial charge in [0.05, 0.1) is 0 Å². The van der Waals surface area contributed by atoms with Crippen molar-refractivity contribution in [1.29, 1.82) is 0 Å². The molecule has 0 saturated heterocycles. The van der Waals surface area contributed by atoms with Crippen molar-refractivity contribution in [2.45, 2.75) is 51.5 Å². The van der Waals surface area contributed by atoms with Crippen LogP contribution in [-0.2, 0) is 13.0 Å². The van der Waals surface area contributed by atoms with Gasteiger partial charge >= 0.3 is 0 Å². The molecule has 21 heavy (non-hydrogen) atoms. The highest BCUT2D eigenvalue weighted by Gasteiger charge is 2.24. The molecule has 5 heteroatoms. The third kappa shape index (κ3) is 3.28. The molecule has 0 aromatic carbocycles. The molecule has 116 valence electrons. The SMILES string of the molecule is CN(CCC1CCCCC1)C(=O)c1n[nH]c2c1CNCC2. The zero-order valence-electron chi connectivity index (χ0n) is 13.0. The second-order valence-electron chi connectivity index (χ2n) is 6.48. The Balaban J connectivity index is 1.57. The zero-order chi connectivity index (χ0) is 14.7. The maximum Gasteiger partial charge on any atom is 0.274 e. The van der Waals surface area contributed by atoms with Crippen LogP contribution in [-0.4, -0.2) is 41.1 Å². The summed E-state index contributed by atoms with van der Waals surface area (Å²) in [6.07, 6.45) is 8.85. The lowest BCUT2D eigenvalue weighted by Crippen LogP contribution is -2.31. The molecular weight excluding hydrogens is 264 g/mol. The van der Waals surface area contributed by atoms with Crippen LogP contribution in [0.25, 0.3) is 0 Å². The van der Waals surface area contributed by atoms with E-state index >= 15 is 0 Å². The molecule has 2 N–H and O–H groups in total. The molecule has 1 aromatic rings. The van der Waals surface area contributed by atoms with Gasteiger partial charge in [-0.05, 0) is 12.3 Å². The number of nitrogens with one attached hydrogen (secondary N) is 2. The molecule has 0 unspecified atom stereocenters. The van der Waals surface area contributed by atoms with E-state index in [1.165, 1.54) is 32.1 Å². The standard InChI is InChI=1S/C16H26N4O/c1-20(10-8-12-5-3-2-4-6-12)16(21)15-13-11-17-9-7-14(13)18-19-15/h12,17H,2-11H2,1H3,(H,18,19). The zero-order valence-corrected chi connectivity index (χ0v) is 13.0. The van der Waals surface area contributed by atoms with Crippen molar-refractivity contribution in [2.75, 3.05) is 20.1 Å². The van der Waals surface area contributed by atoms with Crippen molar-refractivity contribution in [2.24, 2.45) is 5.92 Å². The van der Waals surface area contributed by atoms with Gasteiger partial charge in [-0.25, -0.2) is 0 Å². The van der Waals surface area contributed by atoms with Crippen molar-refractivity contribution < 1.29 is 4.79 Å². The fraction of sp³-hybridized carbons (Fsp3) is 0.750. The number of aromatic nitrogens is 2. The fourth-order valence-electron chi connectivity index (χ4n) is 3.54. The Labute approximate surface area is 126 Å². The minimum atomic E-state index is 0.0620. The summed E-state index contributed by atoms with van der Waals surface area (Å²) in [6, 6.07) is 0. The molecule has 2 aliphatic rings. The molecule has 0 bridgehead atoms. The number of aromatic amines is 1. The molecule has 1 aliphatic carbocycles. The van der Waals surface area contributed by atoms with Crippen molar-refractivity contribution in [3.63, 3.8) is 0 Å². The number of amides is 1. The van der Waals surface area contributed by atoms with E-state index < -0.39 is 0 Å². The van der Waals surface area contributed by atoms with Crippen molar-refractivity contribution in [1.82, 2.24) is 20.4 Å². The Kier molecular flexibility index (Phi) is 4.58. The summed E-state index contributed by atoms with van der Waals surface area (Å²) < 4.78 is 0. The van der Waals surface area contributed by atoms with E-state index in [-0.39, 0.29) is 5.91 Å². The number of nitrogens with zero attached hydrogens (tertiary/aromatic N) is 2. The molecule has 3 rings (SSSR count). The van der Waals surface area contributed by atoms with Crippen LogP contribution in [0.5, 0.6) is 0 Å². The molecule has 2 heterocycles. The van der Waals surface area contributed by atoms with Crippen LogP contribution in [0.3, 0.4) is 0 Å². The van der Waals surface area contributed by atoms with Gasteiger partial charge in [-0.15, -0.1) is 0 Å². The molecule has 1 saturated carbocycles. The number of fused-ring (bicyclic) bond motifs is 1. The summed E-state index contributed by atoms with van der Waals surface area (Å²) in [7, 11) is 1.91. The first kappa shape index (κ1) is 14.6. The van der Waals surface area contributed by atoms with Crippen molar-refractivity contribution >= 4 is 5.91 Å². The van der Waals surface area contributed by atoms with Crippen LogP contribution in [0, 0.1) is 5.92 Å². The predicted molar refractivity (Wildman–Crippen MR) is 82.2 cm³/mol. The van der Waals surface area contributed by atoms with Crippen LogP contribution in [0.4, 0.5) is 0 Å². The molecule has 1 aromatic heterocycles. The van der Waals surface area contributed by atoms with Gasteiger partial charge in [-0.2, -0.15) is 5.10 Å². The third-order valence-corrected chi connectivity index (χ3v) is 4.95. The Bertz CT molecular complexity index is 490. The third-order valence-electron chi connectivity index (χ3n) is 4.95. The second-order valence-corrected chi connectivity index (χ2v) is 6.48. The fourth-order valence-corrected chi connectivity index (χ4v) is 3.54. The molecule has 1 aliphatic heterocycles. The summed E-state index contributed by atoms with van der Waals surface area (Å²) in [6.45, 7) is 2.56. The van der Waals surface area contributed by atoms with Crippen LogP contribution < -0.4 is 5.32 Å². The Hall–Kier alpha value is -1.36. The van der Waals surface area contributed by atoms with Gasteiger partial charge in [0.2, 0.25) is 0 Å². The minimum absolute atomic E-state index is 0.0620. The van der Waals surface area contributed by atoms with Gasteiger partial charge in [0.15, 0.2) is 5.69 Å². The number of hydrogen-bond acceptors (Lipinski definition) is 3. The lowest BCUT2D eigenvalue weighted by Gasteiger charge is -2.24. The van der Waals surface area contributed by atoms with Crippen LogP contribution in [0.1, 0.15) is 60.3 Å². The van der Waals surface area contributed by atoms with E-state index in [0.29, 0.717) is 5.69 Å². The van der Waals surface area contributed by atoms with E-state index in [0.717, 1.165) is 49.7 Å². The van der Waals surface area contributed by atoms with Gasteiger partial charge in [-0.1, -0.05) is 32.1 Å². The van der Waals surface area contributed by atoms with E-state index in [1.54, 1.807) is 0 Å². The highest BCUT2D eigenvalue weighted by Crippen LogP contribution is 2.26. The minimum Gasteiger partial charge on any atom is -0.340 e. The molecule has 0 spiro atoms. The Morgan fingerprint density at radius 1 is 1.33 bits per heavy atom. The lowest BCUT2D eigenvalue weighted by molar-refractivity contribution is 0.0776. The normalized spacial score (nSPS) is 19.3. The highest BCUT2D eigenvalue weighted by molar-refractivity contribution is 5.93. The van der Waals surface area contributed by atoms with Crippen molar-refractivity contribution in [3.8, 4) is 0 Å². The van der Waals surface area contributed by atoms with E-state index in [1.807, 2.05) is 11.9 Å². The largest absolute Gasteiger partial charge is 0.340 e. The number of H-pyrrole nitrogens is 1. The molecule has 0 atom stereocenters. The summed E-state index contributed by atoms with van der Waals surface area (Å²) in [5.41, 5.74) is 2.80. The van der Waals surface area contributed by atoms with E-state index in [4.69, 9.17) is 0 Å². The highest BCUT2D eigenvalue weighted by atomic mass is 16.2. The first-order valence-electron chi connectivity index (χ1n) is 8.28. The van der Waals surface area contributed by atoms with Gasteiger partial charge in [0, 0.05) is 44.4 Å². The van der Waals surface area contributed by atoms with Gasteiger partial charge in [0.1, 0.15) is 0 Å². The number of hydrogen-bond donors (Lipinski definition) is 2. The van der Waals surface area contributed by atoms with E-state index in [9.17, 15) is 4.79 Å². The van der Waals surface area contributed by atoms with Crippen LogP contribution in [0.15, 0.2) is 0 Å². The second kappa shape index (κ2) is 6.60. The van der Waals surface area contributed by atoms with Gasteiger partial charge in [-0.3, -0.25) is 9.89 Å². The first-order valence-corrected chi connectivity index (χ1v) is 8.28. The summed E-state index contributed by atoms with van der Waals surface area (Å²) >= 11 is 0. The lowest BCUT2D eigenvalue weighted by atomic mass is 9.87. The smallest absolute Gasteiger partial charge is 0.274 e. The monoisotopic (exact) mass is 290 g/mol. The predicted octanol–water partition coefficient (Wildman–Crippen LogP) is 2.10. The molecule has 1 fully saturated rings. The molecule has 0 radical (unpaired) electrons. The maximum atomic E-state index is 12.6. The summed E-state index contributed by atoms with van der Waals surface area (Å²) in [5, 5.41) is 10.6. The molecule has 1 amide bonds. The molecular formula is C16H26N4O. The quantitative estimate of drug-likeness (QED) is 0.892. The summed E-state index contributed by atoms with van der Waals surface area (Å²) in [5.74, 6) is 0.871. The maximum absolute atomic E-state index is 12.6. The Morgan fingerprint density at radius 2 is 2.14 bits per heavy atom. The number of rotatable bonds is 4. The first-order chi connectivity index (χ1) is 10.3. The van der Waals surface area contributed by atoms with Gasteiger partial charge in [0.25, 0.3) is 5.91 Å². The van der Waals surface area contributed by atoms with Crippen LogP contribution >= 0.6 is 0 Å². The number of carbonyl (C=O) groups excluding carboxylic acids is 1. The average Bonchev–Trinajstić information content (AvgIpc) is 2.97. The van der Waals surface area contributed by atoms with Gasteiger partial charge < -0.3 is 10.2 Å². The van der Waals surface area contributed by atoms with Crippen LogP contribution in [0.2, 0.25) is 0 Å². The Morgan fingerprint density at radius 3 is 2.95 bits per heavy atom. The van der Waals surface area contributed by atoms with E-state index in [2.05, 4.69) is 15.5 Å². The number of carbonyl (C=O) groups is 1.